The number of ether oxygens (including phenoxy) is 2. The fraction of sp³-hybridized carbons (Fsp3) is 0.0714. The van der Waals surface area contributed by atoms with Crippen LogP contribution in [0.25, 0.3) is 0 Å². The summed E-state index contributed by atoms with van der Waals surface area (Å²) in [7, 11) is -2.61. The Balaban J connectivity index is 1.61. The second-order valence-corrected chi connectivity index (χ2v) is 9.44. The van der Waals surface area contributed by atoms with Crippen molar-refractivity contribution < 1.29 is 27.5 Å². The first-order valence-electron chi connectivity index (χ1n) is 11.0. The number of para-hydroxylation sites is 2. The van der Waals surface area contributed by atoms with Crippen molar-refractivity contribution in [2.75, 3.05) is 11.8 Å². The molecule has 36 heavy (non-hydrogen) atoms. The lowest BCUT2D eigenvalue weighted by Gasteiger charge is -2.18. The number of sulfonamides is 1. The van der Waals surface area contributed by atoms with Crippen LogP contribution in [0.5, 0.6) is 5.75 Å². The van der Waals surface area contributed by atoms with Gasteiger partial charge in [0.1, 0.15) is 5.75 Å². The van der Waals surface area contributed by atoms with Crippen LogP contribution in [-0.2, 0) is 14.8 Å². The van der Waals surface area contributed by atoms with E-state index >= 15 is 0 Å². The van der Waals surface area contributed by atoms with Crippen LogP contribution in [0.2, 0.25) is 0 Å². The van der Waals surface area contributed by atoms with Gasteiger partial charge in [-0.1, -0.05) is 78.9 Å². The number of hydrogen-bond acceptors (Lipinski definition) is 6. The number of ketones is 1. The van der Waals surface area contributed by atoms with E-state index in [4.69, 9.17) is 9.47 Å². The average Bonchev–Trinajstić information content (AvgIpc) is 2.92. The summed E-state index contributed by atoms with van der Waals surface area (Å²) in [6, 6.07) is 29.2. The smallest absolute Gasteiger partial charge is 0.339 e. The van der Waals surface area contributed by atoms with Crippen LogP contribution >= 0.6 is 0 Å². The number of Topliss-reactive ketones (excluding diaryl/α,β-unsaturated/α-hetero) is 1. The Hall–Kier alpha value is -4.43. The molecule has 7 nitrogen and oxygen atoms in total. The van der Waals surface area contributed by atoms with Crippen LogP contribution < -0.4 is 9.46 Å². The minimum Gasteiger partial charge on any atom is -0.495 e. The van der Waals surface area contributed by atoms with Crippen LogP contribution in [0.3, 0.4) is 0 Å². The van der Waals surface area contributed by atoms with E-state index in [1.165, 1.54) is 31.4 Å². The van der Waals surface area contributed by atoms with E-state index in [9.17, 15) is 18.0 Å². The number of anilines is 1. The van der Waals surface area contributed by atoms with Gasteiger partial charge in [0.05, 0.1) is 23.3 Å². The topological polar surface area (TPSA) is 98.8 Å². The lowest BCUT2D eigenvalue weighted by Crippen LogP contribution is -2.21. The molecule has 0 spiro atoms. The number of rotatable bonds is 9. The molecule has 4 aromatic rings. The van der Waals surface area contributed by atoms with Gasteiger partial charge in [0.2, 0.25) is 5.78 Å². The lowest BCUT2D eigenvalue weighted by molar-refractivity contribution is 0.0280. The average molecular weight is 502 g/mol. The predicted molar refractivity (Wildman–Crippen MR) is 136 cm³/mol. The van der Waals surface area contributed by atoms with Crippen LogP contribution in [0.4, 0.5) is 5.69 Å². The molecule has 1 atom stereocenters. The Labute approximate surface area is 209 Å². The summed E-state index contributed by atoms with van der Waals surface area (Å²) >= 11 is 0. The Bertz CT molecular complexity index is 1470. The first-order valence-corrected chi connectivity index (χ1v) is 12.5. The first-order chi connectivity index (χ1) is 17.4. The fourth-order valence-corrected chi connectivity index (χ4v) is 4.67. The third-order valence-electron chi connectivity index (χ3n) is 5.35. The zero-order chi connectivity index (χ0) is 25.5. The largest absolute Gasteiger partial charge is 0.495 e. The zero-order valence-corrected chi connectivity index (χ0v) is 20.1. The molecule has 8 heteroatoms. The van der Waals surface area contributed by atoms with Gasteiger partial charge in [-0.2, -0.15) is 0 Å². The van der Waals surface area contributed by atoms with E-state index in [-0.39, 0.29) is 16.1 Å². The van der Waals surface area contributed by atoms with Crippen LogP contribution in [-0.4, -0.2) is 27.3 Å². The number of nitrogens with one attached hydrogen (secondary N) is 1. The molecule has 1 N–H and O–H groups in total. The molecule has 0 heterocycles. The molecule has 4 rings (SSSR count). The van der Waals surface area contributed by atoms with Crippen molar-refractivity contribution in [2.45, 2.75) is 11.0 Å². The molecule has 0 saturated heterocycles. The molecule has 0 amide bonds. The highest BCUT2D eigenvalue weighted by atomic mass is 32.2. The van der Waals surface area contributed by atoms with Crippen molar-refractivity contribution in [2.24, 2.45) is 0 Å². The van der Waals surface area contributed by atoms with Gasteiger partial charge in [-0.15, -0.1) is 0 Å². The number of benzene rings is 4. The van der Waals surface area contributed by atoms with E-state index in [0.717, 1.165) is 0 Å². The van der Waals surface area contributed by atoms with Gasteiger partial charge in [0, 0.05) is 11.1 Å². The molecule has 4 aromatic carbocycles. The number of hydrogen-bond donors (Lipinski definition) is 1. The van der Waals surface area contributed by atoms with Crippen molar-refractivity contribution in [1.29, 1.82) is 0 Å². The molecule has 0 aliphatic carbocycles. The normalized spacial score (nSPS) is 11.8. The second-order valence-electron chi connectivity index (χ2n) is 7.76. The van der Waals surface area contributed by atoms with Gasteiger partial charge >= 0.3 is 5.97 Å². The highest BCUT2D eigenvalue weighted by Crippen LogP contribution is 2.27. The monoisotopic (exact) mass is 501 g/mol. The Morgan fingerprint density at radius 3 is 2.06 bits per heavy atom. The highest BCUT2D eigenvalue weighted by molar-refractivity contribution is 7.92. The van der Waals surface area contributed by atoms with Gasteiger partial charge in [-0.05, 0) is 30.3 Å². The van der Waals surface area contributed by atoms with Gasteiger partial charge < -0.3 is 9.47 Å². The Morgan fingerprint density at radius 1 is 0.750 bits per heavy atom. The summed E-state index contributed by atoms with van der Waals surface area (Å²) in [5.41, 5.74) is 1.13. The molecule has 0 fully saturated rings. The molecule has 0 bridgehead atoms. The third kappa shape index (κ3) is 5.61. The summed E-state index contributed by atoms with van der Waals surface area (Å²) in [4.78, 5) is 26.2. The lowest BCUT2D eigenvalue weighted by atomic mass is 10.00. The van der Waals surface area contributed by atoms with Crippen molar-refractivity contribution in [3.05, 3.63) is 126 Å². The molecule has 0 aliphatic heterocycles. The molecule has 0 aliphatic rings. The van der Waals surface area contributed by atoms with Crippen molar-refractivity contribution in [3.8, 4) is 5.75 Å². The van der Waals surface area contributed by atoms with Crippen LogP contribution in [0.1, 0.15) is 32.4 Å². The predicted octanol–water partition coefficient (Wildman–Crippen LogP) is 5.28. The third-order valence-corrected chi connectivity index (χ3v) is 6.72. The molecule has 0 aromatic heterocycles. The summed E-state index contributed by atoms with van der Waals surface area (Å²) in [5.74, 6) is -0.874. The maximum Gasteiger partial charge on any atom is 0.339 e. The molecule has 182 valence electrons. The van der Waals surface area contributed by atoms with E-state index < -0.39 is 27.9 Å². The number of methoxy groups -OCH3 is 1. The maximum absolute atomic E-state index is 13.2. The number of carbonyl (C=O) groups is 2. The Morgan fingerprint density at radius 2 is 1.36 bits per heavy atom. The quantitative estimate of drug-likeness (QED) is 0.248. The molecule has 0 radical (unpaired) electrons. The summed E-state index contributed by atoms with van der Waals surface area (Å²) in [5, 5.41) is 0. The minimum atomic E-state index is -4.05. The van der Waals surface area contributed by atoms with Crippen LogP contribution in [0, 0.1) is 0 Å². The Kier molecular flexibility index (Phi) is 7.46. The van der Waals surface area contributed by atoms with Gasteiger partial charge in [-0.25, -0.2) is 13.2 Å². The summed E-state index contributed by atoms with van der Waals surface area (Å²) < 4.78 is 39.3. The molecule has 1 unspecified atom stereocenters. The SMILES string of the molecule is COc1ccccc1NS(=O)(=O)c1cccc(C(=O)OC(C(=O)c2ccccc2)c2ccccc2)c1. The van der Waals surface area contributed by atoms with Crippen molar-refractivity contribution >= 4 is 27.5 Å². The second kappa shape index (κ2) is 10.9. The molecule has 0 saturated carbocycles. The standard InChI is InChI=1S/C28H23NO6S/c1-34-25-18-9-8-17-24(25)29-36(32,33)23-16-10-15-22(19-23)28(31)35-27(21-13-6-3-7-14-21)26(30)20-11-4-2-5-12-20/h2-19,27,29H,1H3. The van der Waals surface area contributed by atoms with E-state index in [0.29, 0.717) is 16.9 Å². The van der Waals surface area contributed by atoms with E-state index in [1.54, 1.807) is 84.9 Å². The van der Waals surface area contributed by atoms with Crippen LogP contribution in [0.15, 0.2) is 114 Å². The first kappa shape index (κ1) is 24.7. The summed E-state index contributed by atoms with van der Waals surface area (Å²) in [6.07, 6.45) is -1.20. The number of carbonyl (C=O) groups excluding carboxylic acids is 2. The van der Waals surface area contributed by atoms with Gasteiger partial charge in [-0.3, -0.25) is 9.52 Å². The van der Waals surface area contributed by atoms with E-state index in [1.807, 2.05) is 0 Å². The van der Waals surface area contributed by atoms with E-state index in [2.05, 4.69) is 4.72 Å². The molecular weight excluding hydrogens is 478 g/mol. The number of esters is 1. The van der Waals surface area contributed by atoms with Crippen molar-refractivity contribution in [1.82, 2.24) is 0 Å². The van der Waals surface area contributed by atoms with Gasteiger partial charge in [0.25, 0.3) is 10.0 Å². The summed E-state index contributed by atoms with van der Waals surface area (Å²) in [6.45, 7) is 0. The minimum absolute atomic E-state index is 0.0142. The highest BCUT2D eigenvalue weighted by Gasteiger charge is 2.27. The fourth-order valence-electron chi connectivity index (χ4n) is 3.55. The molecular formula is C28H23NO6S. The van der Waals surface area contributed by atoms with Gasteiger partial charge in [0.15, 0.2) is 6.10 Å². The zero-order valence-electron chi connectivity index (χ0n) is 19.3. The van der Waals surface area contributed by atoms with Crippen molar-refractivity contribution in [3.63, 3.8) is 0 Å². The maximum atomic E-state index is 13.2.